The van der Waals surface area contributed by atoms with E-state index in [4.69, 9.17) is 9.97 Å². The van der Waals surface area contributed by atoms with E-state index in [1.807, 2.05) is 54.7 Å². The van der Waals surface area contributed by atoms with Gasteiger partial charge in [-0.3, -0.25) is 4.98 Å². The van der Waals surface area contributed by atoms with E-state index in [9.17, 15) is 5.11 Å². The van der Waals surface area contributed by atoms with Crippen LogP contribution in [-0.4, -0.2) is 19.6 Å². The second-order valence-electron chi connectivity index (χ2n) is 11.7. The Balaban J connectivity index is 0.00000329. The van der Waals surface area contributed by atoms with Gasteiger partial charge < -0.3 is 9.67 Å². The van der Waals surface area contributed by atoms with Crippen molar-refractivity contribution in [2.45, 2.75) is 26.2 Å². The molecule has 0 amide bonds. The monoisotopic (exact) mass is 739 g/mol. The molecule has 7 aromatic rings. The first-order valence-electron chi connectivity index (χ1n) is 14.2. The molecule has 3 heterocycles. The van der Waals surface area contributed by atoms with Gasteiger partial charge in [0.25, 0.3) is 0 Å². The quantitative estimate of drug-likeness (QED) is 0.183. The van der Waals surface area contributed by atoms with E-state index >= 15 is 0 Å². The minimum Gasteiger partial charge on any atom is -0.507 e. The summed E-state index contributed by atoms with van der Waals surface area (Å²) in [4.78, 5) is 9.92. The van der Waals surface area contributed by atoms with Gasteiger partial charge in [-0.15, -0.1) is 29.3 Å². The number of fused-ring (bicyclic) bond motifs is 3. The number of rotatable bonds is 4. The SMILES string of the molecule is CC(C)(C)c1cc(-c2cc(-c3ccccc3)cc(-c3ccccc3O)n2)[c-]c(-n2c3ccccc3c3cccnc32)c1.[Pt]. The van der Waals surface area contributed by atoms with Crippen LogP contribution in [-0.2, 0) is 26.5 Å². The topological polar surface area (TPSA) is 50.9 Å². The number of phenolic OH excluding ortho intramolecular Hbond substituents is 1. The van der Waals surface area contributed by atoms with Crippen molar-refractivity contribution in [3.05, 3.63) is 133 Å². The van der Waals surface area contributed by atoms with Gasteiger partial charge in [-0.2, -0.15) is 0 Å². The van der Waals surface area contributed by atoms with Gasteiger partial charge in [-0.1, -0.05) is 87.5 Å². The molecule has 0 aliphatic carbocycles. The third-order valence-corrected chi connectivity index (χ3v) is 7.78. The van der Waals surface area contributed by atoms with E-state index in [0.717, 1.165) is 50.0 Å². The number of aromatic nitrogens is 3. The van der Waals surface area contributed by atoms with Gasteiger partial charge in [0, 0.05) is 43.6 Å². The summed E-state index contributed by atoms with van der Waals surface area (Å²) in [5.74, 6) is 0.200. The maximum absolute atomic E-state index is 10.7. The molecule has 5 heteroatoms. The van der Waals surface area contributed by atoms with Crippen molar-refractivity contribution in [2.75, 3.05) is 0 Å². The number of pyridine rings is 2. The van der Waals surface area contributed by atoms with Crippen LogP contribution < -0.4 is 0 Å². The first-order chi connectivity index (χ1) is 20.4. The van der Waals surface area contributed by atoms with Gasteiger partial charge in [-0.25, -0.2) is 4.98 Å². The molecule has 0 saturated carbocycles. The molecule has 3 aromatic heterocycles. The number of benzene rings is 4. The molecular weight excluding hydrogens is 710 g/mol. The number of hydrogen-bond acceptors (Lipinski definition) is 3. The van der Waals surface area contributed by atoms with Gasteiger partial charge in [-0.05, 0) is 64.3 Å². The summed E-state index contributed by atoms with van der Waals surface area (Å²) in [5.41, 5.74) is 9.11. The van der Waals surface area contributed by atoms with Crippen molar-refractivity contribution < 1.29 is 26.2 Å². The summed E-state index contributed by atoms with van der Waals surface area (Å²) in [6.07, 6.45) is 1.84. The van der Waals surface area contributed by atoms with Crippen LogP contribution in [0.4, 0.5) is 0 Å². The van der Waals surface area contributed by atoms with Gasteiger partial charge in [0.1, 0.15) is 11.4 Å². The summed E-state index contributed by atoms with van der Waals surface area (Å²) >= 11 is 0. The van der Waals surface area contributed by atoms with Crippen molar-refractivity contribution in [3.8, 4) is 45.1 Å². The van der Waals surface area contributed by atoms with Crippen LogP contribution in [0.25, 0.3) is 61.3 Å². The molecule has 0 fully saturated rings. The summed E-state index contributed by atoms with van der Waals surface area (Å²) in [7, 11) is 0. The van der Waals surface area contributed by atoms with E-state index in [2.05, 4.69) is 92.1 Å². The number of aromatic hydroxyl groups is 1. The Bertz CT molecular complexity index is 2040. The summed E-state index contributed by atoms with van der Waals surface area (Å²) in [6, 6.07) is 42.5. The number of para-hydroxylation sites is 2. The molecule has 4 nitrogen and oxygen atoms in total. The van der Waals surface area contributed by atoms with E-state index in [0.29, 0.717) is 11.3 Å². The first-order valence-corrected chi connectivity index (χ1v) is 14.2. The zero-order valence-electron chi connectivity index (χ0n) is 24.2. The Morgan fingerprint density at radius 2 is 1.40 bits per heavy atom. The van der Waals surface area contributed by atoms with Crippen LogP contribution in [0.5, 0.6) is 5.75 Å². The van der Waals surface area contributed by atoms with Crippen LogP contribution in [0.2, 0.25) is 0 Å². The fourth-order valence-corrected chi connectivity index (χ4v) is 5.58. The van der Waals surface area contributed by atoms with Gasteiger partial charge >= 0.3 is 0 Å². The minimum atomic E-state index is -0.123. The van der Waals surface area contributed by atoms with Crippen LogP contribution in [0, 0.1) is 6.07 Å². The Kier molecular flexibility index (Phi) is 7.50. The molecule has 0 unspecified atom stereocenters. The fourth-order valence-electron chi connectivity index (χ4n) is 5.58. The van der Waals surface area contributed by atoms with Crippen molar-refractivity contribution in [1.82, 2.24) is 14.5 Å². The van der Waals surface area contributed by atoms with Gasteiger partial charge in [0.05, 0.1) is 11.2 Å². The standard InChI is InChI=1S/C38H30N3O.Pt/c1-38(2,3)28-20-27(21-29(24-28)41-35-17-9-7-14-30(35)31-16-11-19-39-37(31)41)33-22-26(25-12-5-4-6-13-25)23-34(40-33)32-15-8-10-18-36(32)42;/h4-20,22-24,42H,1-3H3;/q-1;. The molecule has 0 saturated heterocycles. The fraction of sp³-hybridized carbons (Fsp3) is 0.105. The Morgan fingerprint density at radius 3 is 2.19 bits per heavy atom. The third-order valence-electron chi connectivity index (χ3n) is 7.78. The number of phenols is 1. The van der Waals surface area contributed by atoms with Crippen molar-refractivity contribution in [2.24, 2.45) is 0 Å². The molecule has 0 bridgehead atoms. The number of nitrogens with zero attached hydrogens (tertiary/aromatic N) is 3. The largest absolute Gasteiger partial charge is 0.507 e. The summed E-state index contributed by atoms with van der Waals surface area (Å²) in [5, 5.41) is 13.0. The molecular formula is C38H30N3OPt-. The van der Waals surface area contributed by atoms with E-state index in [1.165, 1.54) is 5.56 Å². The summed E-state index contributed by atoms with van der Waals surface area (Å²) < 4.78 is 2.20. The Labute approximate surface area is 266 Å². The molecule has 0 radical (unpaired) electrons. The average Bonchev–Trinajstić information content (AvgIpc) is 3.35. The second kappa shape index (κ2) is 11.3. The predicted molar refractivity (Wildman–Crippen MR) is 172 cm³/mol. The number of hydrogen-bond donors (Lipinski definition) is 1. The van der Waals surface area contributed by atoms with E-state index in [1.54, 1.807) is 6.07 Å². The smallest absolute Gasteiger partial charge is 0.144 e. The normalized spacial score (nSPS) is 11.5. The first kappa shape index (κ1) is 28.6. The van der Waals surface area contributed by atoms with Crippen molar-refractivity contribution >= 4 is 21.9 Å². The minimum absolute atomic E-state index is 0. The molecule has 0 spiro atoms. The molecule has 0 aliphatic heterocycles. The van der Waals surface area contributed by atoms with E-state index in [-0.39, 0.29) is 32.2 Å². The zero-order valence-corrected chi connectivity index (χ0v) is 26.4. The second-order valence-corrected chi connectivity index (χ2v) is 11.7. The van der Waals surface area contributed by atoms with Crippen LogP contribution in [0.1, 0.15) is 26.3 Å². The third kappa shape index (κ3) is 5.28. The molecule has 214 valence electrons. The van der Waals surface area contributed by atoms with Crippen molar-refractivity contribution in [3.63, 3.8) is 0 Å². The molecule has 7 rings (SSSR count). The Hall–Kier alpha value is -4.53. The van der Waals surface area contributed by atoms with Crippen LogP contribution in [0.3, 0.4) is 0 Å². The molecule has 0 aliphatic rings. The maximum Gasteiger partial charge on any atom is 0.144 e. The predicted octanol–water partition coefficient (Wildman–Crippen LogP) is 9.38. The molecule has 1 N–H and O–H groups in total. The molecule has 43 heavy (non-hydrogen) atoms. The van der Waals surface area contributed by atoms with E-state index < -0.39 is 0 Å². The zero-order chi connectivity index (χ0) is 28.8. The summed E-state index contributed by atoms with van der Waals surface area (Å²) in [6.45, 7) is 6.67. The average molecular weight is 740 g/mol. The van der Waals surface area contributed by atoms with Gasteiger partial charge in [0.15, 0.2) is 0 Å². The van der Waals surface area contributed by atoms with Crippen LogP contribution in [0.15, 0.2) is 121 Å². The molecule has 0 atom stereocenters. The molecule has 4 aromatic carbocycles. The Morgan fingerprint density at radius 1 is 0.698 bits per heavy atom. The maximum atomic E-state index is 10.7. The van der Waals surface area contributed by atoms with Gasteiger partial charge in [0.2, 0.25) is 0 Å². The van der Waals surface area contributed by atoms with Crippen molar-refractivity contribution in [1.29, 1.82) is 0 Å². The van der Waals surface area contributed by atoms with Crippen LogP contribution >= 0.6 is 0 Å².